The van der Waals surface area contributed by atoms with Gasteiger partial charge in [0.1, 0.15) is 12.4 Å². The standard InChI is InChI=1S/C26H31NO12/c1-7-20-8-10-21(11-9-20)35-14-24(33)27-12-22(36-16(3)29)25(38-18(5)31)26(39-19(6)32)23(37-17(4)30)13-34-15(2)28/h1,8-11,22-23,25-26H,12-14H2,2-6H3,(H,27,33). The minimum Gasteiger partial charge on any atom is -0.484 e. The first kappa shape index (κ1) is 32.4. The molecule has 13 nitrogen and oxygen atoms in total. The van der Waals surface area contributed by atoms with Crippen molar-refractivity contribution < 1.29 is 57.2 Å². The second-order valence-electron chi connectivity index (χ2n) is 8.01. The first-order chi connectivity index (χ1) is 18.3. The van der Waals surface area contributed by atoms with E-state index in [1.807, 2.05) is 0 Å². The monoisotopic (exact) mass is 549 g/mol. The van der Waals surface area contributed by atoms with E-state index in [2.05, 4.69) is 11.2 Å². The van der Waals surface area contributed by atoms with Gasteiger partial charge in [0.25, 0.3) is 5.91 Å². The highest BCUT2D eigenvalue weighted by molar-refractivity contribution is 5.77. The number of terminal acetylenes is 1. The summed E-state index contributed by atoms with van der Waals surface area (Å²) in [5, 5.41) is 2.47. The highest BCUT2D eigenvalue weighted by atomic mass is 16.6. The van der Waals surface area contributed by atoms with Crippen LogP contribution in [0.3, 0.4) is 0 Å². The number of benzene rings is 1. The minimum absolute atomic E-state index is 0.364. The summed E-state index contributed by atoms with van der Waals surface area (Å²) in [4.78, 5) is 71.4. The van der Waals surface area contributed by atoms with E-state index in [0.29, 0.717) is 11.3 Å². The number of rotatable bonds is 14. The lowest BCUT2D eigenvalue weighted by molar-refractivity contribution is -0.202. The first-order valence-electron chi connectivity index (χ1n) is 11.6. The van der Waals surface area contributed by atoms with Crippen molar-refractivity contribution in [1.29, 1.82) is 0 Å². The van der Waals surface area contributed by atoms with Gasteiger partial charge in [-0.1, -0.05) is 5.92 Å². The largest absolute Gasteiger partial charge is 0.484 e. The first-order valence-corrected chi connectivity index (χ1v) is 11.6. The highest BCUT2D eigenvalue weighted by Gasteiger charge is 2.44. The number of carbonyl (C=O) groups is 6. The zero-order valence-corrected chi connectivity index (χ0v) is 22.2. The van der Waals surface area contributed by atoms with Gasteiger partial charge in [0.05, 0.1) is 6.54 Å². The second kappa shape index (κ2) is 16.3. The molecule has 1 aromatic carbocycles. The van der Waals surface area contributed by atoms with Crippen LogP contribution in [-0.4, -0.2) is 79.9 Å². The predicted octanol–water partition coefficient (Wildman–Crippen LogP) is 0.453. The number of hydrogen-bond acceptors (Lipinski definition) is 12. The second-order valence-corrected chi connectivity index (χ2v) is 8.01. The Balaban J connectivity index is 3.19. The molecule has 4 unspecified atom stereocenters. The molecule has 1 aromatic rings. The molecule has 0 saturated carbocycles. The fourth-order valence-corrected chi connectivity index (χ4v) is 3.20. The van der Waals surface area contributed by atoms with Gasteiger partial charge in [-0.2, -0.15) is 0 Å². The Bertz CT molecular complexity index is 1080. The topological polar surface area (TPSA) is 170 Å². The Morgan fingerprint density at radius 2 is 1.23 bits per heavy atom. The summed E-state index contributed by atoms with van der Waals surface area (Å²) in [6, 6.07) is 6.39. The van der Waals surface area contributed by atoms with Crippen molar-refractivity contribution >= 4 is 35.8 Å². The maximum Gasteiger partial charge on any atom is 0.303 e. The molecule has 1 N–H and O–H groups in total. The van der Waals surface area contributed by atoms with Crippen molar-refractivity contribution in [2.45, 2.75) is 59.0 Å². The zero-order valence-electron chi connectivity index (χ0n) is 22.2. The number of amides is 1. The summed E-state index contributed by atoms with van der Waals surface area (Å²) in [7, 11) is 0. The summed E-state index contributed by atoms with van der Waals surface area (Å²) in [5.41, 5.74) is 0.621. The van der Waals surface area contributed by atoms with Crippen LogP contribution in [0.1, 0.15) is 40.2 Å². The van der Waals surface area contributed by atoms with Crippen molar-refractivity contribution in [3.05, 3.63) is 29.8 Å². The number of esters is 5. The smallest absolute Gasteiger partial charge is 0.303 e. The zero-order chi connectivity index (χ0) is 29.5. The van der Waals surface area contributed by atoms with Crippen molar-refractivity contribution in [1.82, 2.24) is 5.32 Å². The molecule has 0 bridgehead atoms. The van der Waals surface area contributed by atoms with Gasteiger partial charge in [-0.05, 0) is 24.3 Å². The van der Waals surface area contributed by atoms with E-state index in [4.69, 9.17) is 34.8 Å². The molecule has 0 heterocycles. The van der Waals surface area contributed by atoms with Gasteiger partial charge in [-0.3, -0.25) is 28.8 Å². The molecule has 39 heavy (non-hydrogen) atoms. The van der Waals surface area contributed by atoms with Gasteiger partial charge in [-0.25, -0.2) is 0 Å². The van der Waals surface area contributed by atoms with Crippen LogP contribution < -0.4 is 10.1 Å². The normalized spacial score (nSPS) is 13.2. The molecule has 0 radical (unpaired) electrons. The molecule has 0 aliphatic carbocycles. The molecule has 13 heteroatoms. The fraction of sp³-hybridized carbons (Fsp3) is 0.462. The van der Waals surface area contributed by atoms with E-state index in [-0.39, 0.29) is 0 Å². The van der Waals surface area contributed by atoms with Crippen LogP contribution >= 0.6 is 0 Å². The maximum absolute atomic E-state index is 12.5. The van der Waals surface area contributed by atoms with E-state index in [9.17, 15) is 28.8 Å². The average molecular weight is 550 g/mol. The van der Waals surface area contributed by atoms with Crippen LogP contribution in [0.15, 0.2) is 24.3 Å². The molecule has 0 aromatic heterocycles. The number of ether oxygens (including phenoxy) is 6. The van der Waals surface area contributed by atoms with E-state index < -0.39 is 79.9 Å². The predicted molar refractivity (Wildman–Crippen MR) is 132 cm³/mol. The van der Waals surface area contributed by atoms with Crippen LogP contribution in [-0.2, 0) is 52.5 Å². The van der Waals surface area contributed by atoms with Crippen molar-refractivity contribution in [2.75, 3.05) is 19.8 Å². The third kappa shape index (κ3) is 13.0. The van der Waals surface area contributed by atoms with E-state index in [1.165, 1.54) is 0 Å². The van der Waals surface area contributed by atoms with Crippen LogP contribution in [0.2, 0.25) is 0 Å². The Morgan fingerprint density at radius 3 is 1.69 bits per heavy atom. The molecule has 1 amide bonds. The van der Waals surface area contributed by atoms with Crippen molar-refractivity contribution in [2.24, 2.45) is 0 Å². The van der Waals surface area contributed by atoms with Gasteiger partial charge in [0.2, 0.25) is 0 Å². The maximum atomic E-state index is 12.5. The van der Waals surface area contributed by atoms with Crippen molar-refractivity contribution in [3.63, 3.8) is 0 Å². The molecule has 0 spiro atoms. The van der Waals surface area contributed by atoms with E-state index >= 15 is 0 Å². The van der Waals surface area contributed by atoms with E-state index in [1.54, 1.807) is 24.3 Å². The highest BCUT2D eigenvalue weighted by Crippen LogP contribution is 2.20. The molecular formula is C26H31NO12. The van der Waals surface area contributed by atoms with E-state index in [0.717, 1.165) is 34.6 Å². The quantitative estimate of drug-likeness (QED) is 0.193. The molecule has 212 valence electrons. The summed E-state index contributed by atoms with van der Waals surface area (Å²) >= 11 is 0. The van der Waals surface area contributed by atoms with Crippen LogP contribution in [0.5, 0.6) is 5.75 Å². The lowest BCUT2D eigenvalue weighted by Gasteiger charge is -2.35. The number of nitrogens with one attached hydrogen (secondary N) is 1. The van der Waals surface area contributed by atoms with Crippen LogP contribution in [0.25, 0.3) is 0 Å². The van der Waals surface area contributed by atoms with Gasteiger partial charge in [0.15, 0.2) is 31.0 Å². The van der Waals surface area contributed by atoms with Gasteiger partial charge in [-0.15, -0.1) is 6.42 Å². The Kier molecular flexibility index (Phi) is 13.5. The summed E-state index contributed by atoms with van der Waals surface area (Å²) < 4.78 is 31.3. The third-order valence-corrected chi connectivity index (χ3v) is 4.64. The average Bonchev–Trinajstić information content (AvgIpc) is 2.84. The molecule has 1 rings (SSSR count). The molecular weight excluding hydrogens is 518 g/mol. The van der Waals surface area contributed by atoms with Crippen LogP contribution in [0.4, 0.5) is 0 Å². The Hall–Kier alpha value is -4.60. The Morgan fingerprint density at radius 1 is 0.744 bits per heavy atom. The van der Waals surface area contributed by atoms with Gasteiger partial charge < -0.3 is 33.7 Å². The molecule has 4 atom stereocenters. The SMILES string of the molecule is C#Cc1ccc(OCC(=O)NCC(OC(C)=O)C(OC(C)=O)C(OC(C)=O)C(COC(C)=O)OC(C)=O)cc1. The van der Waals surface area contributed by atoms with Crippen molar-refractivity contribution in [3.8, 4) is 18.1 Å². The summed E-state index contributed by atoms with van der Waals surface area (Å²) in [6.45, 7) is 3.82. The molecule has 0 fully saturated rings. The van der Waals surface area contributed by atoms with Gasteiger partial charge >= 0.3 is 29.8 Å². The fourth-order valence-electron chi connectivity index (χ4n) is 3.20. The van der Waals surface area contributed by atoms with Gasteiger partial charge in [0, 0.05) is 40.2 Å². The third-order valence-electron chi connectivity index (χ3n) is 4.64. The summed E-state index contributed by atoms with van der Waals surface area (Å²) in [5.74, 6) is -2.00. The summed E-state index contributed by atoms with van der Waals surface area (Å²) in [6.07, 6.45) is -0.820. The van der Waals surface area contributed by atoms with Crippen LogP contribution in [0, 0.1) is 12.3 Å². The lowest BCUT2D eigenvalue weighted by atomic mass is 10.0. The number of hydrogen-bond donors (Lipinski definition) is 1. The number of carbonyl (C=O) groups excluding carboxylic acids is 6. The Labute approximate surface area is 225 Å². The molecule has 0 aliphatic heterocycles. The molecule has 0 saturated heterocycles. The molecule has 0 aliphatic rings. The minimum atomic E-state index is -1.61. The lowest BCUT2D eigenvalue weighted by Crippen LogP contribution is -2.55.